The number of ether oxygens (including phenoxy) is 2. The van der Waals surface area contributed by atoms with E-state index in [-0.39, 0.29) is 19.1 Å². The van der Waals surface area contributed by atoms with Gasteiger partial charge in [0.05, 0.1) is 7.11 Å². The first kappa shape index (κ1) is 15.0. The molecule has 104 valence electrons. The van der Waals surface area contributed by atoms with Gasteiger partial charge in [0, 0.05) is 0 Å². The van der Waals surface area contributed by atoms with Gasteiger partial charge in [-0.25, -0.2) is 0 Å². The molecular formula is C14H19NO4. The van der Waals surface area contributed by atoms with E-state index < -0.39 is 5.97 Å². The van der Waals surface area contributed by atoms with Crippen LogP contribution in [0, 0.1) is 20.8 Å². The number of carbonyl (C=O) groups is 2. The molecule has 0 heterocycles. The van der Waals surface area contributed by atoms with Crippen LogP contribution >= 0.6 is 0 Å². The minimum Gasteiger partial charge on any atom is -0.483 e. The first-order valence-electron chi connectivity index (χ1n) is 5.98. The molecule has 0 spiro atoms. The van der Waals surface area contributed by atoms with Crippen molar-refractivity contribution in [3.8, 4) is 5.75 Å². The number of hydrogen-bond acceptors (Lipinski definition) is 4. The molecule has 1 amide bonds. The van der Waals surface area contributed by atoms with Crippen LogP contribution < -0.4 is 10.1 Å². The first-order chi connectivity index (χ1) is 8.93. The lowest BCUT2D eigenvalue weighted by Gasteiger charge is -2.12. The van der Waals surface area contributed by atoms with Crippen LogP contribution in [0.4, 0.5) is 0 Å². The third-order valence-electron chi connectivity index (χ3n) is 2.61. The minimum atomic E-state index is -0.490. The quantitative estimate of drug-likeness (QED) is 0.815. The molecule has 0 aliphatic heterocycles. The zero-order valence-electron chi connectivity index (χ0n) is 11.7. The molecule has 0 saturated carbocycles. The molecule has 5 nitrogen and oxygen atoms in total. The van der Waals surface area contributed by atoms with E-state index in [4.69, 9.17) is 4.74 Å². The Labute approximate surface area is 112 Å². The van der Waals surface area contributed by atoms with Gasteiger partial charge >= 0.3 is 5.97 Å². The number of rotatable bonds is 5. The van der Waals surface area contributed by atoms with Gasteiger partial charge in [-0.1, -0.05) is 17.7 Å². The van der Waals surface area contributed by atoms with Crippen LogP contribution in [-0.2, 0) is 14.3 Å². The summed E-state index contributed by atoms with van der Waals surface area (Å²) in [7, 11) is 1.27. The smallest absolute Gasteiger partial charge is 0.325 e. The Morgan fingerprint density at radius 3 is 2.26 bits per heavy atom. The summed E-state index contributed by atoms with van der Waals surface area (Å²) in [6.07, 6.45) is 0. The van der Waals surface area contributed by atoms with Crippen LogP contribution in [0.15, 0.2) is 12.1 Å². The maximum atomic E-state index is 11.5. The van der Waals surface area contributed by atoms with Crippen molar-refractivity contribution in [3.05, 3.63) is 28.8 Å². The van der Waals surface area contributed by atoms with Crippen LogP contribution in [0.5, 0.6) is 5.75 Å². The fourth-order valence-electron chi connectivity index (χ4n) is 1.83. The maximum absolute atomic E-state index is 11.5. The number of methoxy groups -OCH3 is 1. The molecule has 19 heavy (non-hydrogen) atoms. The fourth-order valence-corrected chi connectivity index (χ4v) is 1.83. The standard InChI is InChI=1S/C14H19NO4/c1-9-5-10(2)14(11(3)6-9)19-8-12(16)15-7-13(17)18-4/h5-6H,7-8H2,1-4H3,(H,15,16). The van der Waals surface area contributed by atoms with Gasteiger partial charge in [-0.3, -0.25) is 9.59 Å². The molecule has 0 aliphatic carbocycles. The monoisotopic (exact) mass is 265 g/mol. The zero-order chi connectivity index (χ0) is 14.4. The Bertz CT molecular complexity index is 459. The summed E-state index contributed by atoms with van der Waals surface area (Å²) in [4.78, 5) is 22.3. The predicted octanol–water partition coefficient (Wildman–Crippen LogP) is 1.28. The second-order valence-electron chi connectivity index (χ2n) is 4.37. The third kappa shape index (κ3) is 4.62. The summed E-state index contributed by atoms with van der Waals surface area (Å²) >= 11 is 0. The number of benzene rings is 1. The first-order valence-corrected chi connectivity index (χ1v) is 5.98. The third-order valence-corrected chi connectivity index (χ3v) is 2.61. The highest BCUT2D eigenvalue weighted by molar-refractivity contribution is 5.82. The number of amides is 1. The highest BCUT2D eigenvalue weighted by Crippen LogP contribution is 2.24. The second-order valence-corrected chi connectivity index (χ2v) is 4.37. The predicted molar refractivity (Wildman–Crippen MR) is 71.2 cm³/mol. The van der Waals surface area contributed by atoms with Crippen molar-refractivity contribution in [3.63, 3.8) is 0 Å². The highest BCUT2D eigenvalue weighted by atomic mass is 16.5. The van der Waals surface area contributed by atoms with Crippen molar-refractivity contribution >= 4 is 11.9 Å². The van der Waals surface area contributed by atoms with Crippen LogP contribution in [0.3, 0.4) is 0 Å². The van der Waals surface area contributed by atoms with E-state index in [1.54, 1.807) is 0 Å². The number of esters is 1. The van der Waals surface area contributed by atoms with Gasteiger partial charge < -0.3 is 14.8 Å². The van der Waals surface area contributed by atoms with Gasteiger partial charge in [-0.05, 0) is 31.9 Å². The van der Waals surface area contributed by atoms with Gasteiger partial charge in [0.25, 0.3) is 5.91 Å². The normalized spacial score (nSPS) is 9.89. The molecule has 1 N–H and O–H groups in total. The molecule has 0 bridgehead atoms. The Kier molecular flexibility index (Phi) is 5.36. The molecule has 1 aromatic carbocycles. The van der Waals surface area contributed by atoms with Crippen LogP contribution in [0.1, 0.15) is 16.7 Å². The maximum Gasteiger partial charge on any atom is 0.325 e. The zero-order valence-corrected chi connectivity index (χ0v) is 11.7. The van der Waals surface area contributed by atoms with Gasteiger partial charge in [0.1, 0.15) is 12.3 Å². The summed E-state index contributed by atoms with van der Waals surface area (Å²) in [5.41, 5.74) is 3.12. The van der Waals surface area contributed by atoms with Crippen LogP contribution in [0.25, 0.3) is 0 Å². The molecule has 0 radical (unpaired) electrons. The molecule has 1 rings (SSSR count). The molecule has 1 aromatic rings. The van der Waals surface area contributed by atoms with E-state index in [0.29, 0.717) is 5.75 Å². The topological polar surface area (TPSA) is 64.6 Å². The van der Waals surface area contributed by atoms with Crippen LogP contribution in [0.2, 0.25) is 0 Å². The molecule has 0 saturated heterocycles. The Morgan fingerprint density at radius 1 is 1.16 bits per heavy atom. The molecule has 0 atom stereocenters. The largest absolute Gasteiger partial charge is 0.483 e. The summed E-state index contributed by atoms with van der Waals surface area (Å²) in [6.45, 7) is 5.60. The molecule has 0 aromatic heterocycles. The lowest BCUT2D eigenvalue weighted by atomic mass is 10.1. The van der Waals surface area contributed by atoms with Crippen molar-refractivity contribution in [1.29, 1.82) is 0 Å². The van der Waals surface area contributed by atoms with Crippen molar-refractivity contribution in [2.75, 3.05) is 20.3 Å². The van der Waals surface area contributed by atoms with E-state index in [1.807, 2.05) is 32.9 Å². The number of aryl methyl sites for hydroxylation is 3. The molecule has 0 aliphatic rings. The van der Waals surface area contributed by atoms with E-state index in [0.717, 1.165) is 16.7 Å². The number of hydrogen-bond donors (Lipinski definition) is 1. The molecule has 0 unspecified atom stereocenters. The van der Waals surface area contributed by atoms with Crippen LogP contribution in [-0.4, -0.2) is 32.1 Å². The Morgan fingerprint density at radius 2 is 1.74 bits per heavy atom. The van der Waals surface area contributed by atoms with E-state index in [2.05, 4.69) is 10.1 Å². The summed E-state index contributed by atoms with van der Waals surface area (Å²) in [6, 6.07) is 3.99. The van der Waals surface area contributed by atoms with Crippen molar-refractivity contribution in [2.45, 2.75) is 20.8 Å². The SMILES string of the molecule is COC(=O)CNC(=O)COc1c(C)cc(C)cc1C. The average molecular weight is 265 g/mol. The van der Waals surface area contributed by atoms with Crippen molar-refractivity contribution < 1.29 is 19.1 Å². The van der Waals surface area contributed by atoms with Gasteiger partial charge in [0.15, 0.2) is 6.61 Å². The van der Waals surface area contributed by atoms with E-state index >= 15 is 0 Å². The second kappa shape index (κ2) is 6.78. The molecular weight excluding hydrogens is 246 g/mol. The molecule has 0 fully saturated rings. The minimum absolute atomic E-state index is 0.123. The number of nitrogens with one attached hydrogen (secondary N) is 1. The highest BCUT2D eigenvalue weighted by Gasteiger charge is 2.09. The fraction of sp³-hybridized carbons (Fsp3) is 0.429. The molecule has 5 heteroatoms. The van der Waals surface area contributed by atoms with E-state index in [1.165, 1.54) is 7.11 Å². The summed E-state index contributed by atoms with van der Waals surface area (Å²) in [5, 5.41) is 2.42. The summed E-state index contributed by atoms with van der Waals surface area (Å²) < 4.78 is 9.91. The Hall–Kier alpha value is -2.04. The van der Waals surface area contributed by atoms with Gasteiger partial charge in [0.2, 0.25) is 0 Å². The summed E-state index contributed by atoms with van der Waals surface area (Å²) in [5.74, 6) is -0.139. The van der Waals surface area contributed by atoms with Gasteiger partial charge in [-0.2, -0.15) is 0 Å². The van der Waals surface area contributed by atoms with Crippen molar-refractivity contribution in [2.24, 2.45) is 0 Å². The number of carbonyl (C=O) groups excluding carboxylic acids is 2. The average Bonchev–Trinajstić information content (AvgIpc) is 2.34. The van der Waals surface area contributed by atoms with E-state index in [9.17, 15) is 9.59 Å². The van der Waals surface area contributed by atoms with Crippen molar-refractivity contribution in [1.82, 2.24) is 5.32 Å². The Balaban J connectivity index is 2.53. The van der Waals surface area contributed by atoms with Gasteiger partial charge in [-0.15, -0.1) is 0 Å². The lowest BCUT2D eigenvalue weighted by molar-refractivity contribution is -0.141. The lowest BCUT2D eigenvalue weighted by Crippen LogP contribution is -2.33.